The molecule has 0 fully saturated rings. The first-order valence-electron chi connectivity index (χ1n) is 4.48. The highest BCUT2D eigenvalue weighted by Gasteiger charge is 2.05. The molecule has 2 nitrogen and oxygen atoms in total. The van der Waals surface area contributed by atoms with Gasteiger partial charge >= 0.3 is 0 Å². The summed E-state index contributed by atoms with van der Waals surface area (Å²) in [6.45, 7) is 5.72. The summed E-state index contributed by atoms with van der Waals surface area (Å²) in [6.07, 6.45) is 0.470. The molecule has 78 valence electrons. The Morgan fingerprint density at radius 1 is 1.36 bits per heavy atom. The summed E-state index contributed by atoms with van der Waals surface area (Å²) in [4.78, 5) is 10.3. The van der Waals surface area contributed by atoms with Crippen molar-refractivity contribution in [1.82, 2.24) is 0 Å². The summed E-state index contributed by atoms with van der Waals surface area (Å²) < 4.78 is 17.8. The molecule has 0 amide bonds. The third-order valence-corrected chi connectivity index (χ3v) is 1.64. The highest BCUT2D eigenvalue weighted by molar-refractivity contribution is 5.76. The Morgan fingerprint density at radius 2 is 1.93 bits per heavy atom. The molecule has 0 radical (unpaired) electrons. The van der Waals surface area contributed by atoms with E-state index >= 15 is 0 Å². The van der Waals surface area contributed by atoms with Gasteiger partial charge in [-0.25, -0.2) is 4.39 Å². The van der Waals surface area contributed by atoms with Gasteiger partial charge in [-0.05, 0) is 24.6 Å². The molecule has 0 aliphatic heterocycles. The number of hydrogen-bond acceptors (Lipinski definition) is 2. The fourth-order valence-electron chi connectivity index (χ4n) is 0.979. The number of carbonyl (C=O) groups excluding carboxylic acids is 1. The van der Waals surface area contributed by atoms with E-state index in [1.807, 2.05) is 13.8 Å². The van der Waals surface area contributed by atoms with Crippen LogP contribution < -0.4 is 4.74 Å². The van der Waals surface area contributed by atoms with Crippen LogP contribution in [0.3, 0.4) is 0 Å². The zero-order valence-electron chi connectivity index (χ0n) is 8.93. The van der Waals surface area contributed by atoms with E-state index in [0.717, 1.165) is 0 Å². The number of aryl methyl sites for hydroxylation is 1. The molecule has 0 spiro atoms. The largest absolute Gasteiger partial charge is 0.496 e. The van der Waals surface area contributed by atoms with E-state index in [1.165, 1.54) is 19.2 Å². The van der Waals surface area contributed by atoms with E-state index in [-0.39, 0.29) is 5.56 Å². The molecule has 0 N–H and O–H groups in total. The molecule has 0 unspecified atom stereocenters. The second-order valence-electron chi connectivity index (χ2n) is 2.46. The van der Waals surface area contributed by atoms with Gasteiger partial charge in [0.25, 0.3) is 0 Å². The molecule has 1 rings (SSSR count). The predicted molar refractivity (Wildman–Crippen MR) is 54.4 cm³/mol. The molecular weight excluding hydrogens is 183 g/mol. The van der Waals surface area contributed by atoms with Crippen LogP contribution in [0, 0.1) is 12.7 Å². The van der Waals surface area contributed by atoms with Gasteiger partial charge in [-0.2, -0.15) is 0 Å². The van der Waals surface area contributed by atoms with Crippen LogP contribution in [0.5, 0.6) is 5.75 Å². The fourth-order valence-corrected chi connectivity index (χ4v) is 0.979. The van der Waals surface area contributed by atoms with Crippen LogP contribution in [0.15, 0.2) is 12.1 Å². The number of ether oxygens (including phenoxy) is 1. The molecule has 1 aromatic carbocycles. The number of methoxy groups -OCH3 is 1. The van der Waals surface area contributed by atoms with Crippen LogP contribution in [0.25, 0.3) is 0 Å². The molecule has 0 aliphatic carbocycles. The molecule has 0 aliphatic rings. The Balaban J connectivity index is 0.000000791. The monoisotopic (exact) mass is 198 g/mol. The van der Waals surface area contributed by atoms with Crippen LogP contribution in [0.1, 0.15) is 29.8 Å². The quantitative estimate of drug-likeness (QED) is 0.683. The van der Waals surface area contributed by atoms with Crippen LogP contribution in [0.4, 0.5) is 4.39 Å². The molecule has 0 saturated heterocycles. The average molecular weight is 198 g/mol. The van der Waals surface area contributed by atoms with Gasteiger partial charge < -0.3 is 4.74 Å². The fraction of sp³-hybridized carbons (Fsp3) is 0.364. The van der Waals surface area contributed by atoms with Gasteiger partial charge in [-0.1, -0.05) is 13.8 Å². The molecule has 14 heavy (non-hydrogen) atoms. The summed E-state index contributed by atoms with van der Waals surface area (Å²) in [5.41, 5.74) is 0.707. The van der Waals surface area contributed by atoms with E-state index in [1.54, 1.807) is 6.92 Å². The standard InChI is InChI=1S/C9H9FO2.C2H6/c1-6-3-8(10)7(5-11)4-9(6)12-2;1-2/h3-5H,1-2H3;1-2H3. The minimum Gasteiger partial charge on any atom is -0.496 e. The number of carbonyl (C=O) groups is 1. The molecule has 0 bridgehead atoms. The first-order valence-corrected chi connectivity index (χ1v) is 4.48. The molecule has 0 saturated carbocycles. The maximum Gasteiger partial charge on any atom is 0.153 e. The lowest BCUT2D eigenvalue weighted by Gasteiger charge is -2.04. The normalized spacial score (nSPS) is 8.64. The summed E-state index contributed by atoms with van der Waals surface area (Å²) in [5, 5.41) is 0. The molecule has 0 aromatic heterocycles. The smallest absolute Gasteiger partial charge is 0.153 e. The lowest BCUT2D eigenvalue weighted by atomic mass is 10.1. The Hall–Kier alpha value is -1.38. The van der Waals surface area contributed by atoms with Crippen molar-refractivity contribution < 1.29 is 13.9 Å². The summed E-state index contributed by atoms with van der Waals surface area (Å²) in [7, 11) is 1.48. The third-order valence-electron chi connectivity index (χ3n) is 1.64. The van der Waals surface area contributed by atoms with Crippen molar-refractivity contribution in [3.05, 3.63) is 29.1 Å². The SMILES string of the molecule is CC.COc1cc(C=O)c(F)cc1C. The average Bonchev–Trinajstić information content (AvgIpc) is 2.21. The third kappa shape index (κ3) is 2.83. The zero-order chi connectivity index (χ0) is 11.1. The van der Waals surface area contributed by atoms with E-state index in [4.69, 9.17) is 4.74 Å². The summed E-state index contributed by atoms with van der Waals surface area (Å²) >= 11 is 0. The van der Waals surface area contributed by atoms with Gasteiger partial charge in [0.05, 0.1) is 12.7 Å². The van der Waals surface area contributed by atoms with Crippen LogP contribution in [-0.4, -0.2) is 13.4 Å². The van der Waals surface area contributed by atoms with E-state index < -0.39 is 5.82 Å². The highest BCUT2D eigenvalue weighted by atomic mass is 19.1. The lowest BCUT2D eigenvalue weighted by Crippen LogP contribution is -1.93. The Bertz CT molecular complexity index is 308. The number of halogens is 1. The first-order chi connectivity index (χ1) is 6.69. The highest BCUT2D eigenvalue weighted by Crippen LogP contribution is 2.20. The van der Waals surface area contributed by atoms with E-state index in [9.17, 15) is 9.18 Å². The first kappa shape index (κ1) is 12.6. The molecule has 3 heteroatoms. The summed E-state index contributed by atoms with van der Waals surface area (Å²) in [5.74, 6) is 0.0156. The van der Waals surface area contributed by atoms with Crippen molar-refractivity contribution in [2.45, 2.75) is 20.8 Å². The van der Waals surface area contributed by atoms with Crippen molar-refractivity contribution >= 4 is 6.29 Å². The van der Waals surface area contributed by atoms with Gasteiger partial charge in [0.15, 0.2) is 6.29 Å². The Kier molecular flexibility index (Phi) is 5.53. The van der Waals surface area contributed by atoms with Crippen molar-refractivity contribution in [3.63, 3.8) is 0 Å². The van der Waals surface area contributed by atoms with Gasteiger partial charge in [0.1, 0.15) is 11.6 Å². The van der Waals surface area contributed by atoms with Gasteiger partial charge in [-0.3, -0.25) is 4.79 Å². The molecule has 1 aromatic rings. The van der Waals surface area contributed by atoms with E-state index in [0.29, 0.717) is 17.6 Å². The van der Waals surface area contributed by atoms with Gasteiger partial charge in [0.2, 0.25) is 0 Å². The van der Waals surface area contributed by atoms with Crippen molar-refractivity contribution in [2.24, 2.45) is 0 Å². The molecule has 0 heterocycles. The number of rotatable bonds is 2. The maximum absolute atomic E-state index is 12.9. The predicted octanol–water partition coefficient (Wildman–Crippen LogP) is 2.98. The van der Waals surface area contributed by atoms with Crippen molar-refractivity contribution in [2.75, 3.05) is 7.11 Å². The molecular formula is C11H15FO2. The van der Waals surface area contributed by atoms with Crippen molar-refractivity contribution in [3.8, 4) is 5.75 Å². The summed E-state index contributed by atoms with van der Waals surface area (Å²) in [6, 6.07) is 2.67. The molecule has 0 atom stereocenters. The number of hydrogen-bond donors (Lipinski definition) is 0. The van der Waals surface area contributed by atoms with Gasteiger partial charge in [-0.15, -0.1) is 0 Å². The van der Waals surface area contributed by atoms with Crippen molar-refractivity contribution in [1.29, 1.82) is 0 Å². The lowest BCUT2D eigenvalue weighted by molar-refractivity contribution is 0.111. The van der Waals surface area contributed by atoms with Crippen LogP contribution in [-0.2, 0) is 0 Å². The van der Waals surface area contributed by atoms with Gasteiger partial charge in [0, 0.05) is 0 Å². The topological polar surface area (TPSA) is 26.3 Å². The van der Waals surface area contributed by atoms with Crippen LogP contribution in [0.2, 0.25) is 0 Å². The minimum absolute atomic E-state index is 0.0254. The van der Waals surface area contributed by atoms with E-state index in [2.05, 4.69) is 0 Å². The number of aldehydes is 1. The second-order valence-corrected chi connectivity index (χ2v) is 2.46. The second kappa shape index (κ2) is 6.13. The Morgan fingerprint density at radius 3 is 2.36 bits per heavy atom. The Labute approximate surface area is 83.7 Å². The zero-order valence-corrected chi connectivity index (χ0v) is 8.93. The number of benzene rings is 1. The minimum atomic E-state index is -0.511. The van der Waals surface area contributed by atoms with Crippen LogP contribution >= 0.6 is 0 Å². The maximum atomic E-state index is 12.9.